The molecule has 0 bridgehead atoms. The first-order valence-electron chi connectivity index (χ1n) is 6.54. The fourth-order valence-corrected chi connectivity index (χ4v) is 2.91. The van der Waals surface area contributed by atoms with Gasteiger partial charge in [0.1, 0.15) is 0 Å². The summed E-state index contributed by atoms with van der Waals surface area (Å²) in [6.45, 7) is 0. The van der Waals surface area contributed by atoms with Gasteiger partial charge in [-0.05, 0) is 6.07 Å². The predicted molar refractivity (Wildman–Crippen MR) is 84.1 cm³/mol. The van der Waals surface area contributed by atoms with E-state index in [2.05, 4.69) is 0 Å². The molecule has 1 aromatic heterocycles. The van der Waals surface area contributed by atoms with E-state index in [1.807, 2.05) is 36.4 Å². The summed E-state index contributed by atoms with van der Waals surface area (Å²) in [5.41, 5.74) is 1.83. The Kier molecular flexibility index (Phi) is 3.75. The Morgan fingerprint density at radius 1 is 0.667 bits per heavy atom. The minimum atomic E-state index is -0.0565. The normalized spacial score (nSPS) is 10.3. The van der Waals surface area contributed by atoms with Crippen LogP contribution in [-0.2, 0) is 0 Å². The lowest BCUT2D eigenvalue weighted by atomic mass is 10.0. The van der Waals surface area contributed by atoms with Crippen LogP contribution in [0.3, 0.4) is 0 Å². The molecule has 0 radical (unpaired) electrons. The molecule has 0 spiro atoms. The molecule has 0 aliphatic rings. The van der Waals surface area contributed by atoms with E-state index >= 15 is 0 Å². The van der Waals surface area contributed by atoms with Crippen LogP contribution in [0.5, 0.6) is 0 Å². The van der Waals surface area contributed by atoms with Gasteiger partial charge in [-0.3, -0.25) is 9.59 Å². The lowest BCUT2D eigenvalue weighted by Gasteiger charge is -1.97. The molecule has 0 amide bonds. The molecule has 0 saturated heterocycles. The van der Waals surface area contributed by atoms with Crippen LogP contribution in [0, 0.1) is 0 Å². The van der Waals surface area contributed by atoms with Gasteiger partial charge in [0.15, 0.2) is 5.78 Å². The molecule has 2 aromatic carbocycles. The number of benzene rings is 2. The van der Waals surface area contributed by atoms with E-state index in [0.717, 1.165) is 0 Å². The molecule has 3 heteroatoms. The summed E-state index contributed by atoms with van der Waals surface area (Å²) >= 11 is 1.31. The maximum absolute atomic E-state index is 12.3. The van der Waals surface area contributed by atoms with Crippen molar-refractivity contribution in [1.29, 1.82) is 0 Å². The van der Waals surface area contributed by atoms with Crippen LogP contribution in [0.4, 0.5) is 0 Å². The molecule has 102 valence electrons. The average molecular weight is 292 g/mol. The van der Waals surface area contributed by atoms with Gasteiger partial charge in [-0.1, -0.05) is 60.7 Å². The van der Waals surface area contributed by atoms with Crippen molar-refractivity contribution < 1.29 is 9.59 Å². The van der Waals surface area contributed by atoms with Crippen molar-refractivity contribution >= 4 is 22.9 Å². The number of ketones is 2. The molecule has 2 nitrogen and oxygen atoms in total. The van der Waals surface area contributed by atoms with Crippen LogP contribution in [0.25, 0.3) is 0 Å². The molecule has 1 heterocycles. The van der Waals surface area contributed by atoms with Crippen molar-refractivity contribution in [3.05, 3.63) is 93.7 Å². The summed E-state index contributed by atoms with van der Waals surface area (Å²) < 4.78 is 0. The molecule has 0 atom stereocenters. The smallest absolute Gasteiger partial charge is 0.202 e. The Balaban J connectivity index is 1.87. The number of carbonyl (C=O) groups excluding carboxylic acids is 2. The minimum Gasteiger partial charge on any atom is -0.289 e. The predicted octanol–water partition coefficient (Wildman–Crippen LogP) is 4.21. The van der Waals surface area contributed by atoms with Gasteiger partial charge in [0, 0.05) is 22.1 Å². The average Bonchev–Trinajstić information content (AvgIpc) is 3.05. The summed E-state index contributed by atoms with van der Waals surface area (Å²) in [5, 5.41) is 1.74. The monoisotopic (exact) mass is 292 g/mol. The van der Waals surface area contributed by atoms with Crippen LogP contribution in [0.2, 0.25) is 0 Å². The van der Waals surface area contributed by atoms with Crippen LogP contribution >= 0.6 is 11.3 Å². The van der Waals surface area contributed by atoms with E-state index in [1.54, 1.807) is 35.7 Å². The first-order valence-corrected chi connectivity index (χ1v) is 7.42. The summed E-state index contributed by atoms with van der Waals surface area (Å²) in [6.07, 6.45) is 0. The van der Waals surface area contributed by atoms with Crippen LogP contribution in [0.15, 0.2) is 72.1 Å². The zero-order valence-electron chi connectivity index (χ0n) is 11.2. The van der Waals surface area contributed by atoms with Crippen molar-refractivity contribution in [2.45, 2.75) is 0 Å². The molecule has 0 aliphatic heterocycles. The topological polar surface area (TPSA) is 34.1 Å². The Morgan fingerprint density at radius 3 is 1.76 bits per heavy atom. The third-order valence-electron chi connectivity index (χ3n) is 3.16. The van der Waals surface area contributed by atoms with E-state index < -0.39 is 0 Å². The molecular formula is C18H12O2S. The number of hydrogen-bond donors (Lipinski definition) is 0. The van der Waals surface area contributed by atoms with Crippen molar-refractivity contribution in [2.24, 2.45) is 0 Å². The number of rotatable bonds is 4. The lowest BCUT2D eigenvalue weighted by molar-refractivity contribution is 0.103. The highest BCUT2D eigenvalue weighted by Gasteiger charge is 2.15. The van der Waals surface area contributed by atoms with E-state index in [0.29, 0.717) is 21.6 Å². The highest BCUT2D eigenvalue weighted by molar-refractivity contribution is 7.12. The fourth-order valence-electron chi connectivity index (χ4n) is 2.06. The quantitative estimate of drug-likeness (QED) is 0.675. The highest BCUT2D eigenvalue weighted by atomic mass is 32.1. The Morgan fingerprint density at radius 2 is 1.19 bits per heavy atom. The molecule has 0 unspecified atom stereocenters. The van der Waals surface area contributed by atoms with E-state index in [-0.39, 0.29) is 11.6 Å². The Labute approximate surface area is 126 Å². The van der Waals surface area contributed by atoms with Gasteiger partial charge < -0.3 is 0 Å². The third kappa shape index (κ3) is 2.83. The molecule has 0 aliphatic carbocycles. The number of carbonyl (C=O) groups is 2. The number of hydrogen-bond acceptors (Lipinski definition) is 3. The highest BCUT2D eigenvalue weighted by Crippen LogP contribution is 2.21. The van der Waals surface area contributed by atoms with Gasteiger partial charge in [0.05, 0.1) is 4.88 Å². The first-order chi connectivity index (χ1) is 10.3. The van der Waals surface area contributed by atoms with Gasteiger partial charge in [-0.2, -0.15) is 0 Å². The second-order valence-electron chi connectivity index (χ2n) is 4.59. The molecule has 21 heavy (non-hydrogen) atoms. The van der Waals surface area contributed by atoms with Gasteiger partial charge in [-0.15, -0.1) is 11.3 Å². The molecule has 0 saturated carbocycles. The second kappa shape index (κ2) is 5.85. The molecule has 0 fully saturated rings. The first kappa shape index (κ1) is 13.5. The van der Waals surface area contributed by atoms with E-state index in [9.17, 15) is 9.59 Å². The van der Waals surface area contributed by atoms with Crippen molar-refractivity contribution in [2.75, 3.05) is 0 Å². The van der Waals surface area contributed by atoms with Gasteiger partial charge in [-0.25, -0.2) is 0 Å². The van der Waals surface area contributed by atoms with Crippen LogP contribution < -0.4 is 0 Å². The minimum absolute atomic E-state index is 0.0484. The largest absolute Gasteiger partial charge is 0.289 e. The zero-order chi connectivity index (χ0) is 14.7. The maximum Gasteiger partial charge on any atom is 0.202 e. The van der Waals surface area contributed by atoms with Crippen molar-refractivity contribution in [3.8, 4) is 0 Å². The zero-order valence-corrected chi connectivity index (χ0v) is 12.0. The Bertz CT molecular complexity index is 707. The third-order valence-corrected chi connectivity index (χ3v) is 4.09. The van der Waals surface area contributed by atoms with Gasteiger partial charge in [0.2, 0.25) is 5.78 Å². The second-order valence-corrected chi connectivity index (χ2v) is 5.50. The molecular weight excluding hydrogens is 280 g/mol. The van der Waals surface area contributed by atoms with E-state index in [4.69, 9.17) is 0 Å². The molecule has 3 aromatic rings. The van der Waals surface area contributed by atoms with Crippen molar-refractivity contribution in [3.63, 3.8) is 0 Å². The van der Waals surface area contributed by atoms with E-state index in [1.165, 1.54) is 11.3 Å². The van der Waals surface area contributed by atoms with Gasteiger partial charge in [0.25, 0.3) is 0 Å². The summed E-state index contributed by atoms with van der Waals surface area (Å²) in [5.74, 6) is -0.105. The summed E-state index contributed by atoms with van der Waals surface area (Å²) in [6, 6.07) is 19.8. The maximum atomic E-state index is 12.3. The Hall–Kier alpha value is -2.52. The van der Waals surface area contributed by atoms with Gasteiger partial charge >= 0.3 is 0 Å². The summed E-state index contributed by atoms with van der Waals surface area (Å²) in [4.78, 5) is 25.2. The SMILES string of the molecule is O=C(c1ccccc1)c1csc(C(=O)c2ccccc2)c1. The fraction of sp³-hybridized carbons (Fsp3) is 0. The van der Waals surface area contributed by atoms with Crippen molar-refractivity contribution in [1.82, 2.24) is 0 Å². The standard InChI is InChI=1S/C18H12O2S/c19-17(13-7-3-1-4-8-13)15-11-16(21-12-15)18(20)14-9-5-2-6-10-14/h1-12H. The molecule has 0 N–H and O–H groups in total. The lowest BCUT2D eigenvalue weighted by Crippen LogP contribution is -2.00. The van der Waals surface area contributed by atoms with Crippen LogP contribution in [0.1, 0.15) is 31.2 Å². The number of thiophene rings is 1. The summed E-state index contributed by atoms with van der Waals surface area (Å²) in [7, 11) is 0. The molecule has 3 rings (SSSR count). The van der Waals surface area contributed by atoms with Crippen LogP contribution in [-0.4, -0.2) is 11.6 Å².